The molecular formula is C53H48N4O. The van der Waals surface area contributed by atoms with Crippen LogP contribution in [0.3, 0.4) is 0 Å². The second-order valence-corrected chi connectivity index (χ2v) is 15.9. The van der Waals surface area contributed by atoms with Crippen LogP contribution in [0.15, 0.2) is 170 Å². The Bertz CT molecular complexity index is 3350. The number of rotatable bonds is 9. The van der Waals surface area contributed by atoms with Crippen molar-refractivity contribution in [3.63, 3.8) is 0 Å². The summed E-state index contributed by atoms with van der Waals surface area (Å²) in [4.78, 5) is 4.89. The summed E-state index contributed by atoms with van der Waals surface area (Å²) in [6.45, 7) is 13.3. The monoisotopic (exact) mass is 766 g/mol. The van der Waals surface area contributed by atoms with Gasteiger partial charge >= 0.3 is 0 Å². The lowest BCUT2D eigenvalue weighted by atomic mass is 9.86. The average Bonchev–Trinajstić information content (AvgIpc) is 3.94. The van der Waals surface area contributed by atoms with E-state index in [-0.39, 0.29) is 33.4 Å². The highest BCUT2D eigenvalue weighted by Gasteiger charge is 2.21. The van der Waals surface area contributed by atoms with E-state index in [1.807, 2.05) is 42.6 Å². The smallest absolute Gasteiger partial charge is 0.268 e. The molecule has 0 fully saturated rings. The Labute approximate surface area is 355 Å². The van der Waals surface area contributed by atoms with Gasteiger partial charge in [0.1, 0.15) is 17.3 Å². The Hall–Kier alpha value is -6.72. The van der Waals surface area contributed by atoms with Crippen molar-refractivity contribution in [2.75, 3.05) is 0 Å². The molecule has 3 aromatic heterocycles. The molecule has 0 amide bonds. The van der Waals surface area contributed by atoms with Crippen molar-refractivity contribution in [1.29, 1.82) is 0 Å². The van der Waals surface area contributed by atoms with Gasteiger partial charge in [-0.05, 0) is 105 Å². The van der Waals surface area contributed by atoms with E-state index in [0.29, 0.717) is 29.0 Å². The van der Waals surface area contributed by atoms with Crippen molar-refractivity contribution >= 4 is 21.8 Å². The van der Waals surface area contributed by atoms with Gasteiger partial charge in [0.25, 0.3) is 6.33 Å². The topological polar surface area (TPSA) is 35.9 Å². The van der Waals surface area contributed by atoms with E-state index in [1.54, 1.807) is 35.2 Å². The van der Waals surface area contributed by atoms with Crippen molar-refractivity contribution in [3.05, 3.63) is 187 Å². The molecule has 3 heterocycles. The van der Waals surface area contributed by atoms with Gasteiger partial charge in [0.2, 0.25) is 0 Å². The van der Waals surface area contributed by atoms with Crippen molar-refractivity contribution < 1.29 is 23.0 Å². The van der Waals surface area contributed by atoms with Crippen LogP contribution in [0.25, 0.3) is 61.3 Å². The van der Waals surface area contributed by atoms with Crippen molar-refractivity contribution in [3.8, 4) is 50.9 Å². The van der Waals surface area contributed by atoms with Gasteiger partial charge < -0.3 is 4.74 Å². The molecule has 0 aliphatic heterocycles. The first-order chi connectivity index (χ1) is 32.3. The van der Waals surface area contributed by atoms with E-state index >= 15 is 0 Å². The largest absolute Gasteiger partial charge is 0.458 e. The lowest BCUT2D eigenvalue weighted by molar-refractivity contribution is -0.598. The Morgan fingerprint density at radius 2 is 1.40 bits per heavy atom. The molecule has 1 atom stereocenters. The summed E-state index contributed by atoms with van der Waals surface area (Å²) in [6, 6.07) is 24.0. The molecule has 5 heteroatoms. The molecule has 0 bridgehead atoms. The number of hydrogen-bond acceptors (Lipinski definition) is 2. The van der Waals surface area contributed by atoms with Gasteiger partial charge in [-0.2, -0.15) is 0 Å². The Kier molecular flexibility index (Phi) is 6.98. The van der Waals surface area contributed by atoms with E-state index in [1.165, 1.54) is 15.7 Å². The van der Waals surface area contributed by atoms with E-state index in [2.05, 4.69) is 88.8 Å². The second-order valence-electron chi connectivity index (χ2n) is 15.9. The highest BCUT2D eigenvalue weighted by Crippen LogP contribution is 2.38. The Morgan fingerprint density at radius 1 is 0.707 bits per heavy atom. The number of nitrogens with zero attached hydrogens (tertiary/aromatic N) is 4. The van der Waals surface area contributed by atoms with Crippen LogP contribution >= 0.6 is 0 Å². The fraction of sp³-hybridized carbons (Fsp3) is 0.170. The van der Waals surface area contributed by atoms with Crippen molar-refractivity contribution in [2.45, 2.75) is 52.9 Å². The minimum atomic E-state index is -0.560. The maximum Gasteiger partial charge on any atom is 0.268 e. The van der Waals surface area contributed by atoms with Crippen LogP contribution < -0.4 is 9.30 Å². The quantitative estimate of drug-likeness (QED) is 0.108. The van der Waals surface area contributed by atoms with Crippen molar-refractivity contribution in [2.24, 2.45) is 5.92 Å². The number of benzene rings is 6. The molecule has 58 heavy (non-hydrogen) atoms. The maximum absolute atomic E-state index is 8.87. The third kappa shape index (κ3) is 6.98. The summed E-state index contributed by atoms with van der Waals surface area (Å²) in [7, 11) is 0. The summed E-state index contributed by atoms with van der Waals surface area (Å²) in [5, 5.41) is 2.18. The van der Waals surface area contributed by atoms with E-state index in [9.17, 15) is 0 Å². The molecule has 0 spiro atoms. The fourth-order valence-corrected chi connectivity index (χ4v) is 7.40. The molecule has 0 aliphatic carbocycles. The first-order valence-electron chi connectivity index (χ1n) is 24.4. The van der Waals surface area contributed by atoms with Crippen LogP contribution in [0.4, 0.5) is 0 Å². The normalized spacial score (nSPS) is 14.8. The molecule has 5 nitrogen and oxygen atoms in total. The number of para-hydroxylation sites is 1. The fourth-order valence-electron chi connectivity index (χ4n) is 7.40. The van der Waals surface area contributed by atoms with Crippen LogP contribution in [0.5, 0.6) is 11.5 Å². The van der Waals surface area contributed by atoms with Crippen LogP contribution in [0.2, 0.25) is 0 Å². The molecule has 0 saturated carbocycles. The third-order valence-corrected chi connectivity index (χ3v) is 10.9. The molecule has 0 N–H and O–H groups in total. The van der Waals surface area contributed by atoms with Gasteiger partial charge in [-0.15, -0.1) is 0 Å². The highest BCUT2D eigenvalue weighted by molar-refractivity contribution is 6.09. The van der Waals surface area contributed by atoms with Gasteiger partial charge in [0.05, 0.1) is 36.1 Å². The molecule has 9 rings (SSSR count). The number of aromatic nitrogens is 4. The molecule has 0 aliphatic rings. The lowest BCUT2D eigenvalue weighted by Gasteiger charge is -2.19. The zero-order valence-corrected chi connectivity index (χ0v) is 33.2. The van der Waals surface area contributed by atoms with Crippen LogP contribution in [-0.2, 0) is 5.41 Å². The molecular weight excluding hydrogens is 709 g/mol. The summed E-state index contributed by atoms with van der Waals surface area (Å²) in [5.41, 5.74) is 5.27. The van der Waals surface area contributed by atoms with Gasteiger partial charge in [0, 0.05) is 35.4 Å². The average molecular weight is 767 g/mol. The van der Waals surface area contributed by atoms with Crippen LogP contribution in [0.1, 0.15) is 72.3 Å². The second kappa shape index (κ2) is 15.0. The number of hydrogen-bond donors (Lipinski definition) is 0. The van der Waals surface area contributed by atoms with Crippen molar-refractivity contribution in [1.82, 2.24) is 14.1 Å². The molecule has 1 unspecified atom stereocenters. The molecule has 6 aromatic carbocycles. The highest BCUT2D eigenvalue weighted by atomic mass is 16.5. The SMILES string of the molecule is [2H]c1c([2H])c([2H])c(-c2cccc(-c3c([2H])c([2H])c([2H])c([2H])c3[2H])c2-[n+]2[c-]n(-c3cccc(Oc4ccc5c6cc(C(C)(C)C)ccc6n(-c6cc(C(C)C(C)C)ccn6)c5c4)c3)cc2)c([2H])c1[2H]. The van der Waals surface area contributed by atoms with E-state index in [4.69, 9.17) is 23.4 Å². The predicted octanol–water partition coefficient (Wildman–Crippen LogP) is 13.2. The van der Waals surface area contributed by atoms with E-state index in [0.717, 1.165) is 27.6 Å². The van der Waals surface area contributed by atoms with Crippen LogP contribution in [-0.4, -0.2) is 14.1 Å². The minimum absolute atomic E-state index is 0.0572. The first-order valence-corrected chi connectivity index (χ1v) is 19.4. The lowest BCUT2D eigenvalue weighted by Crippen LogP contribution is -2.30. The first kappa shape index (κ1) is 27.0. The number of ether oxygens (including phenoxy) is 1. The zero-order valence-electron chi connectivity index (χ0n) is 43.2. The van der Waals surface area contributed by atoms with Gasteiger partial charge in [0.15, 0.2) is 0 Å². The third-order valence-electron chi connectivity index (χ3n) is 10.9. The minimum Gasteiger partial charge on any atom is -0.458 e. The molecule has 286 valence electrons. The van der Waals surface area contributed by atoms with Gasteiger partial charge in [-0.25, -0.2) is 4.98 Å². The Morgan fingerprint density at radius 3 is 2.09 bits per heavy atom. The molecule has 9 aromatic rings. The summed E-state index contributed by atoms with van der Waals surface area (Å²) in [5.74, 6) is 2.72. The maximum atomic E-state index is 8.87. The summed E-state index contributed by atoms with van der Waals surface area (Å²) < 4.78 is 97.7. The number of imidazole rings is 1. The predicted molar refractivity (Wildman–Crippen MR) is 238 cm³/mol. The van der Waals surface area contributed by atoms with Gasteiger partial charge in [-0.1, -0.05) is 132 Å². The Balaban J connectivity index is 1.15. The van der Waals surface area contributed by atoms with E-state index < -0.39 is 60.4 Å². The molecule has 0 saturated heterocycles. The molecule has 0 radical (unpaired) electrons. The standard InChI is InChI=1S/C53H48N4O/c1-36(2)37(3)40-27-28-54-51(31-40)57-49-26-23-41(53(4,5)6)32-48(49)47-25-24-44(34-50(47)57)58-43-20-13-19-42(33-43)55-29-30-56(35-55)52-45(38-15-9-7-10-16-38)21-14-22-46(52)39-17-11-8-12-18-39/h7-34,36-37H,1-6H3/i7D,8D,9D,10D,11D,12D,15D,16D,17D,18D. The zero-order chi connectivity index (χ0) is 48.7. The summed E-state index contributed by atoms with van der Waals surface area (Å²) >= 11 is 0. The van der Waals surface area contributed by atoms with Gasteiger partial charge in [-0.3, -0.25) is 13.7 Å². The number of fused-ring (bicyclic) bond motifs is 3. The number of pyridine rings is 1. The van der Waals surface area contributed by atoms with Crippen LogP contribution in [0, 0.1) is 12.2 Å². The summed E-state index contributed by atoms with van der Waals surface area (Å²) in [6.07, 6.45) is 8.51.